The summed E-state index contributed by atoms with van der Waals surface area (Å²) in [5, 5.41) is 11.3. The van der Waals surface area contributed by atoms with Gasteiger partial charge in [-0.3, -0.25) is 9.69 Å². The van der Waals surface area contributed by atoms with E-state index in [2.05, 4.69) is 42.8 Å². The minimum atomic E-state index is -0.350. The van der Waals surface area contributed by atoms with Gasteiger partial charge in [-0.2, -0.15) is 0 Å². The van der Waals surface area contributed by atoms with Crippen LogP contribution in [0.1, 0.15) is 22.4 Å². The zero-order valence-corrected chi connectivity index (χ0v) is 17.9. The molecule has 2 heterocycles. The Morgan fingerprint density at radius 1 is 1.14 bits per heavy atom. The lowest BCUT2D eigenvalue weighted by molar-refractivity contribution is -0.132. The summed E-state index contributed by atoms with van der Waals surface area (Å²) in [4.78, 5) is 22.7. The quantitative estimate of drug-likeness (QED) is 0.793. The molecule has 0 aliphatic carbocycles. The van der Waals surface area contributed by atoms with Crippen LogP contribution in [-0.2, 0) is 11.2 Å². The monoisotopic (exact) mass is 386 g/mol. The molecule has 1 aliphatic heterocycles. The lowest BCUT2D eigenvalue weighted by Gasteiger charge is -2.36. The average Bonchev–Trinajstić information content (AvgIpc) is 2.96. The first-order valence-corrected chi connectivity index (χ1v) is 10.2. The maximum Gasteiger partial charge on any atom is 0.227 e. The number of aliphatic hydroxyl groups excluding tert-OH is 1. The summed E-state index contributed by atoms with van der Waals surface area (Å²) < 4.78 is 0. The van der Waals surface area contributed by atoms with Crippen molar-refractivity contribution in [1.82, 2.24) is 19.7 Å². The number of aryl methyl sites for hydroxylation is 3. The number of carbonyl (C=O) groups is 1. The Kier molecular flexibility index (Phi) is 6.43. The Morgan fingerprint density at radius 2 is 1.79 bits per heavy atom. The van der Waals surface area contributed by atoms with Crippen molar-refractivity contribution in [1.29, 1.82) is 0 Å². The molecule has 28 heavy (non-hydrogen) atoms. The smallest absolute Gasteiger partial charge is 0.227 e. The van der Waals surface area contributed by atoms with Gasteiger partial charge in [0.2, 0.25) is 5.91 Å². The molecule has 2 N–H and O–H groups in total. The van der Waals surface area contributed by atoms with Crippen LogP contribution in [0.2, 0.25) is 0 Å². The first-order valence-electron chi connectivity index (χ1n) is 10.2. The van der Waals surface area contributed by atoms with Crippen LogP contribution in [-0.4, -0.2) is 90.2 Å². The van der Waals surface area contributed by atoms with E-state index in [4.69, 9.17) is 0 Å². The third kappa shape index (κ3) is 4.57. The predicted molar refractivity (Wildman–Crippen MR) is 114 cm³/mol. The van der Waals surface area contributed by atoms with Gasteiger partial charge in [0, 0.05) is 55.9 Å². The fourth-order valence-electron chi connectivity index (χ4n) is 4.25. The van der Waals surface area contributed by atoms with E-state index in [-0.39, 0.29) is 12.0 Å². The van der Waals surface area contributed by atoms with Crippen LogP contribution in [0.15, 0.2) is 12.1 Å². The molecule has 1 atom stereocenters. The van der Waals surface area contributed by atoms with Gasteiger partial charge in [-0.15, -0.1) is 0 Å². The van der Waals surface area contributed by atoms with Crippen molar-refractivity contribution >= 4 is 16.8 Å². The summed E-state index contributed by atoms with van der Waals surface area (Å²) in [6, 6.07) is 4.26. The number of carbonyl (C=O) groups excluding carboxylic acids is 1. The Balaban J connectivity index is 1.62. The number of H-pyrrole nitrogens is 1. The number of aromatic amines is 1. The van der Waals surface area contributed by atoms with Crippen molar-refractivity contribution in [2.75, 3.05) is 53.4 Å². The number of rotatable bonds is 6. The molecule has 6 nitrogen and oxygen atoms in total. The van der Waals surface area contributed by atoms with Crippen molar-refractivity contribution in [3.63, 3.8) is 0 Å². The second-order valence-corrected chi connectivity index (χ2v) is 8.45. The minimum Gasteiger partial charge on any atom is -0.390 e. The first kappa shape index (κ1) is 20.8. The van der Waals surface area contributed by atoms with Crippen molar-refractivity contribution in [3.8, 4) is 0 Å². The largest absolute Gasteiger partial charge is 0.390 e. The van der Waals surface area contributed by atoms with E-state index in [0.29, 0.717) is 19.5 Å². The highest BCUT2D eigenvalue weighted by Gasteiger charge is 2.24. The lowest BCUT2D eigenvalue weighted by Crippen LogP contribution is -2.51. The Hall–Kier alpha value is -1.89. The number of benzene rings is 1. The molecule has 1 saturated heterocycles. The standard InChI is InChI=1S/C22H34N4O2/c1-15-6-7-16(2)22-21(15)19(17(3)23-22)12-20(28)26-10-8-25(9-11-26)14-18(27)13-24(4)5/h6-7,18,23,27H,8-14H2,1-5H3/t18-/m0/s1. The third-order valence-corrected chi connectivity index (χ3v) is 5.79. The number of amides is 1. The SMILES string of the molecule is Cc1[nH]c2c(C)ccc(C)c2c1CC(=O)N1CCN(C[C@@H](O)CN(C)C)CC1. The van der Waals surface area contributed by atoms with Crippen LogP contribution in [0.4, 0.5) is 0 Å². The maximum absolute atomic E-state index is 13.0. The summed E-state index contributed by atoms with van der Waals surface area (Å²) in [5.41, 5.74) is 5.80. The highest BCUT2D eigenvalue weighted by Crippen LogP contribution is 2.28. The maximum atomic E-state index is 13.0. The highest BCUT2D eigenvalue weighted by molar-refractivity contribution is 5.93. The molecular formula is C22H34N4O2. The Morgan fingerprint density at radius 3 is 2.43 bits per heavy atom. The van der Waals surface area contributed by atoms with Gasteiger partial charge in [0.25, 0.3) is 0 Å². The average molecular weight is 387 g/mol. The Labute approximate surface area is 168 Å². The van der Waals surface area contributed by atoms with E-state index in [9.17, 15) is 9.90 Å². The second kappa shape index (κ2) is 8.64. The molecule has 1 aliphatic rings. The molecule has 6 heteroatoms. The van der Waals surface area contributed by atoms with Gasteiger partial charge in [0.15, 0.2) is 0 Å². The number of hydrogen-bond acceptors (Lipinski definition) is 4. The highest BCUT2D eigenvalue weighted by atomic mass is 16.3. The van der Waals surface area contributed by atoms with Crippen LogP contribution >= 0.6 is 0 Å². The molecule has 0 bridgehead atoms. The molecular weight excluding hydrogens is 352 g/mol. The molecule has 0 saturated carbocycles. The zero-order valence-electron chi connectivity index (χ0n) is 17.9. The van der Waals surface area contributed by atoms with E-state index in [1.807, 2.05) is 23.9 Å². The predicted octanol–water partition coefficient (Wildman–Crippen LogP) is 1.70. The number of hydrogen-bond donors (Lipinski definition) is 2. The molecule has 1 amide bonds. The summed E-state index contributed by atoms with van der Waals surface area (Å²) in [6.07, 6.45) is 0.0941. The Bertz CT molecular complexity index is 835. The normalized spacial score (nSPS) is 16.9. The molecule has 1 aromatic heterocycles. The van der Waals surface area contributed by atoms with E-state index < -0.39 is 0 Å². The molecule has 2 aromatic rings. The zero-order chi connectivity index (χ0) is 20.4. The molecule has 1 fully saturated rings. The fraction of sp³-hybridized carbons (Fsp3) is 0.591. The van der Waals surface area contributed by atoms with Crippen molar-refractivity contribution < 1.29 is 9.90 Å². The number of β-amino-alcohol motifs (C(OH)–C–C–N with tert-alkyl or cyclic N) is 1. The van der Waals surface area contributed by atoms with Gasteiger partial charge in [-0.1, -0.05) is 12.1 Å². The van der Waals surface area contributed by atoms with E-state index in [1.165, 1.54) is 16.5 Å². The van der Waals surface area contributed by atoms with Crippen LogP contribution in [0, 0.1) is 20.8 Å². The molecule has 0 radical (unpaired) electrons. The van der Waals surface area contributed by atoms with E-state index in [0.717, 1.165) is 43.0 Å². The molecule has 3 rings (SSSR count). The summed E-state index contributed by atoms with van der Waals surface area (Å²) in [6.45, 7) is 10.7. The first-order chi connectivity index (χ1) is 13.3. The van der Waals surface area contributed by atoms with E-state index >= 15 is 0 Å². The van der Waals surface area contributed by atoms with Crippen LogP contribution in [0.5, 0.6) is 0 Å². The number of fused-ring (bicyclic) bond motifs is 1. The summed E-state index contributed by atoms with van der Waals surface area (Å²) >= 11 is 0. The lowest BCUT2D eigenvalue weighted by atomic mass is 10.0. The topological polar surface area (TPSA) is 62.8 Å². The number of nitrogens with zero attached hydrogens (tertiary/aromatic N) is 3. The molecule has 0 spiro atoms. The van der Waals surface area contributed by atoms with Gasteiger partial charge in [0.05, 0.1) is 12.5 Å². The van der Waals surface area contributed by atoms with Crippen LogP contribution in [0.25, 0.3) is 10.9 Å². The second-order valence-electron chi connectivity index (χ2n) is 8.45. The van der Waals surface area contributed by atoms with Crippen LogP contribution in [0.3, 0.4) is 0 Å². The van der Waals surface area contributed by atoms with Crippen molar-refractivity contribution in [2.45, 2.75) is 33.3 Å². The number of likely N-dealkylation sites (N-methyl/N-ethyl adjacent to an activating group) is 1. The number of piperazine rings is 1. The molecule has 0 unspecified atom stereocenters. The third-order valence-electron chi connectivity index (χ3n) is 5.79. The molecule has 1 aromatic carbocycles. The number of aromatic nitrogens is 1. The fourth-order valence-corrected chi connectivity index (χ4v) is 4.25. The van der Waals surface area contributed by atoms with Gasteiger partial charge in [0.1, 0.15) is 0 Å². The van der Waals surface area contributed by atoms with E-state index in [1.54, 1.807) is 0 Å². The minimum absolute atomic E-state index is 0.193. The van der Waals surface area contributed by atoms with Gasteiger partial charge in [-0.25, -0.2) is 0 Å². The van der Waals surface area contributed by atoms with Gasteiger partial charge in [-0.05, 0) is 51.6 Å². The van der Waals surface area contributed by atoms with Crippen molar-refractivity contribution in [3.05, 3.63) is 34.5 Å². The van der Waals surface area contributed by atoms with Gasteiger partial charge < -0.3 is 19.9 Å². The number of aliphatic hydroxyl groups is 1. The van der Waals surface area contributed by atoms with Crippen molar-refractivity contribution in [2.24, 2.45) is 0 Å². The van der Waals surface area contributed by atoms with Gasteiger partial charge >= 0.3 is 0 Å². The number of nitrogens with one attached hydrogen (secondary N) is 1. The summed E-state index contributed by atoms with van der Waals surface area (Å²) in [5.74, 6) is 0.193. The summed E-state index contributed by atoms with van der Waals surface area (Å²) in [7, 11) is 3.94. The molecule has 154 valence electrons. The van der Waals surface area contributed by atoms with Crippen LogP contribution < -0.4 is 0 Å².